The fraction of sp³-hybridized carbons (Fsp3) is 0.667. The summed E-state index contributed by atoms with van der Waals surface area (Å²) in [7, 11) is 0. The number of halogens is 1. The van der Waals surface area contributed by atoms with Gasteiger partial charge in [-0.3, -0.25) is 4.90 Å². The van der Waals surface area contributed by atoms with E-state index in [0.717, 1.165) is 17.9 Å². The van der Waals surface area contributed by atoms with Crippen molar-refractivity contribution in [3.8, 4) is 5.75 Å². The molecule has 1 heterocycles. The van der Waals surface area contributed by atoms with Gasteiger partial charge >= 0.3 is 0 Å². The van der Waals surface area contributed by atoms with E-state index in [4.69, 9.17) is 16.3 Å². The summed E-state index contributed by atoms with van der Waals surface area (Å²) in [6, 6.07) is 7.01. The van der Waals surface area contributed by atoms with Gasteiger partial charge in [-0.05, 0) is 45.7 Å². The van der Waals surface area contributed by atoms with E-state index in [-0.39, 0.29) is 5.38 Å². The van der Waals surface area contributed by atoms with Gasteiger partial charge in [0.05, 0.1) is 12.0 Å². The van der Waals surface area contributed by atoms with Crippen LogP contribution in [0.2, 0.25) is 0 Å². The van der Waals surface area contributed by atoms with Gasteiger partial charge < -0.3 is 4.74 Å². The Morgan fingerprint density at radius 1 is 1.33 bits per heavy atom. The fourth-order valence-corrected chi connectivity index (χ4v) is 3.61. The van der Waals surface area contributed by atoms with Crippen molar-refractivity contribution in [1.82, 2.24) is 4.90 Å². The summed E-state index contributed by atoms with van der Waals surface area (Å²) < 4.78 is 5.75. The van der Waals surface area contributed by atoms with Crippen molar-refractivity contribution in [1.29, 1.82) is 0 Å². The number of piperidine rings is 1. The van der Waals surface area contributed by atoms with Crippen LogP contribution < -0.4 is 4.74 Å². The molecule has 118 valence electrons. The second-order valence-corrected chi connectivity index (χ2v) is 6.52. The Balaban J connectivity index is 2.11. The van der Waals surface area contributed by atoms with Gasteiger partial charge in [0.15, 0.2) is 0 Å². The average molecular weight is 310 g/mol. The quantitative estimate of drug-likeness (QED) is 0.690. The zero-order valence-corrected chi connectivity index (χ0v) is 14.3. The van der Waals surface area contributed by atoms with E-state index in [1.165, 1.54) is 37.8 Å². The molecule has 21 heavy (non-hydrogen) atoms. The van der Waals surface area contributed by atoms with Gasteiger partial charge in [0, 0.05) is 18.2 Å². The third kappa shape index (κ3) is 4.37. The lowest BCUT2D eigenvalue weighted by atomic mass is 9.98. The molecule has 1 saturated heterocycles. The first-order chi connectivity index (χ1) is 10.2. The zero-order valence-electron chi connectivity index (χ0n) is 13.6. The molecule has 1 aromatic rings. The Labute approximate surface area is 134 Å². The molecule has 0 N–H and O–H groups in total. The topological polar surface area (TPSA) is 12.5 Å². The number of ether oxygens (including phenoxy) is 1. The Morgan fingerprint density at radius 2 is 2.14 bits per heavy atom. The van der Waals surface area contributed by atoms with Crippen molar-refractivity contribution in [2.75, 3.05) is 19.7 Å². The minimum atomic E-state index is -0.00130. The maximum atomic E-state index is 6.75. The molecule has 0 aliphatic carbocycles. The summed E-state index contributed by atoms with van der Waals surface area (Å²) in [5.41, 5.74) is 2.38. The van der Waals surface area contributed by atoms with E-state index >= 15 is 0 Å². The average Bonchev–Trinajstić information content (AvgIpc) is 2.49. The highest BCUT2D eigenvalue weighted by atomic mass is 35.5. The monoisotopic (exact) mass is 309 g/mol. The molecule has 1 aliphatic rings. The molecule has 0 amide bonds. The van der Waals surface area contributed by atoms with Crippen LogP contribution in [0.3, 0.4) is 0 Å². The van der Waals surface area contributed by atoms with E-state index in [2.05, 4.69) is 36.9 Å². The Hall–Kier alpha value is -0.730. The fourth-order valence-electron chi connectivity index (χ4n) is 3.27. The van der Waals surface area contributed by atoms with Crippen molar-refractivity contribution < 1.29 is 4.74 Å². The molecule has 0 saturated carbocycles. The molecular weight excluding hydrogens is 282 g/mol. The Bertz CT molecular complexity index is 449. The molecular formula is C18H28ClNO. The van der Waals surface area contributed by atoms with Crippen LogP contribution in [-0.2, 0) is 0 Å². The second-order valence-electron chi connectivity index (χ2n) is 5.99. The summed E-state index contributed by atoms with van der Waals surface area (Å²) >= 11 is 6.75. The Morgan fingerprint density at radius 3 is 2.86 bits per heavy atom. The van der Waals surface area contributed by atoms with Crippen LogP contribution in [0.1, 0.15) is 56.0 Å². The van der Waals surface area contributed by atoms with E-state index < -0.39 is 0 Å². The van der Waals surface area contributed by atoms with Gasteiger partial charge in [0.1, 0.15) is 5.75 Å². The molecule has 0 bridgehead atoms. The Kier molecular flexibility index (Phi) is 6.38. The van der Waals surface area contributed by atoms with Crippen LogP contribution in [0, 0.1) is 6.92 Å². The van der Waals surface area contributed by atoms with Gasteiger partial charge in [-0.1, -0.05) is 31.0 Å². The van der Waals surface area contributed by atoms with Crippen LogP contribution in [0.25, 0.3) is 0 Å². The van der Waals surface area contributed by atoms with Gasteiger partial charge in [-0.25, -0.2) is 0 Å². The van der Waals surface area contributed by atoms with E-state index in [1.54, 1.807) is 0 Å². The molecule has 1 fully saturated rings. The van der Waals surface area contributed by atoms with Crippen molar-refractivity contribution in [3.63, 3.8) is 0 Å². The standard InChI is InChI=1S/C18H28ClNO/c1-4-15-8-6-7-11-20(15)13-17(19)16-12-14(3)9-10-18(16)21-5-2/h9-10,12,15,17H,4-8,11,13H2,1-3H3. The third-order valence-electron chi connectivity index (χ3n) is 4.42. The molecule has 0 spiro atoms. The smallest absolute Gasteiger partial charge is 0.124 e. The molecule has 2 atom stereocenters. The summed E-state index contributed by atoms with van der Waals surface area (Å²) in [6.45, 7) is 9.19. The van der Waals surface area contributed by atoms with Crippen LogP contribution in [-0.4, -0.2) is 30.6 Å². The minimum absolute atomic E-state index is 0.00130. The number of alkyl halides is 1. The van der Waals surface area contributed by atoms with Gasteiger partial charge in [-0.2, -0.15) is 0 Å². The number of nitrogens with zero attached hydrogens (tertiary/aromatic N) is 1. The van der Waals surface area contributed by atoms with Gasteiger partial charge in [0.2, 0.25) is 0 Å². The summed E-state index contributed by atoms with van der Waals surface area (Å²) in [5, 5.41) is -0.00130. The number of aryl methyl sites for hydroxylation is 1. The SMILES string of the molecule is CCOc1ccc(C)cc1C(Cl)CN1CCCCC1CC. The number of benzene rings is 1. The molecule has 2 rings (SSSR count). The van der Waals surface area contributed by atoms with Crippen LogP contribution in [0.4, 0.5) is 0 Å². The second kappa shape index (κ2) is 8.05. The van der Waals surface area contributed by atoms with Crippen LogP contribution in [0.5, 0.6) is 5.75 Å². The maximum Gasteiger partial charge on any atom is 0.124 e. The third-order valence-corrected chi connectivity index (χ3v) is 4.79. The van der Waals surface area contributed by atoms with Gasteiger partial charge in [0.25, 0.3) is 0 Å². The number of hydrogen-bond donors (Lipinski definition) is 0. The zero-order chi connectivity index (χ0) is 15.2. The van der Waals surface area contributed by atoms with E-state index in [0.29, 0.717) is 12.6 Å². The highest BCUT2D eigenvalue weighted by Gasteiger charge is 2.24. The molecule has 0 aromatic heterocycles. The lowest BCUT2D eigenvalue weighted by Crippen LogP contribution is -2.40. The summed E-state index contributed by atoms with van der Waals surface area (Å²) in [5.74, 6) is 0.938. The van der Waals surface area contributed by atoms with Crippen LogP contribution >= 0.6 is 11.6 Å². The van der Waals surface area contributed by atoms with Crippen molar-refractivity contribution in [2.45, 2.75) is 57.9 Å². The highest BCUT2D eigenvalue weighted by Crippen LogP contribution is 2.33. The maximum absolute atomic E-state index is 6.75. The largest absolute Gasteiger partial charge is 0.494 e. The molecule has 2 unspecified atom stereocenters. The molecule has 1 aromatic carbocycles. The first kappa shape index (κ1) is 16.6. The predicted molar refractivity (Wildman–Crippen MR) is 90.4 cm³/mol. The number of hydrogen-bond acceptors (Lipinski definition) is 2. The number of likely N-dealkylation sites (tertiary alicyclic amines) is 1. The first-order valence-corrected chi connectivity index (χ1v) is 8.70. The molecule has 2 nitrogen and oxygen atoms in total. The minimum Gasteiger partial charge on any atom is -0.494 e. The van der Waals surface area contributed by atoms with Crippen molar-refractivity contribution in [3.05, 3.63) is 29.3 Å². The van der Waals surface area contributed by atoms with Crippen molar-refractivity contribution >= 4 is 11.6 Å². The van der Waals surface area contributed by atoms with Crippen LogP contribution in [0.15, 0.2) is 18.2 Å². The van der Waals surface area contributed by atoms with E-state index in [1.807, 2.05) is 6.92 Å². The summed E-state index contributed by atoms with van der Waals surface area (Å²) in [6.07, 6.45) is 5.19. The highest BCUT2D eigenvalue weighted by molar-refractivity contribution is 6.21. The number of rotatable bonds is 6. The lowest BCUT2D eigenvalue weighted by molar-refractivity contribution is 0.143. The summed E-state index contributed by atoms with van der Waals surface area (Å²) in [4.78, 5) is 2.57. The molecule has 3 heteroatoms. The normalized spacial score (nSPS) is 21.2. The predicted octanol–water partition coefficient (Wildman–Crippen LogP) is 4.94. The lowest BCUT2D eigenvalue weighted by Gasteiger charge is -2.36. The van der Waals surface area contributed by atoms with Gasteiger partial charge in [-0.15, -0.1) is 11.6 Å². The van der Waals surface area contributed by atoms with Crippen molar-refractivity contribution in [2.24, 2.45) is 0 Å². The molecule has 1 aliphatic heterocycles. The molecule has 0 radical (unpaired) electrons. The first-order valence-electron chi connectivity index (χ1n) is 8.27. The van der Waals surface area contributed by atoms with E-state index in [9.17, 15) is 0 Å².